The molecule has 0 saturated heterocycles. The molecule has 3 nitrogen and oxygen atoms in total. The summed E-state index contributed by atoms with van der Waals surface area (Å²) in [5.74, 6) is -0.0353. The maximum atomic E-state index is 11.4. The highest BCUT2D eigenvalue weighted by Crippen LogP contribution is 2.07. The quantitative estimate of drug-likeness (QED) is 0.671. The summed E-state index contributed by atoms with van der Waals surface area (Å²) in [6.45, 7) is 1.92. The summed E-state index contributed by atoms with van der Waals surface area (Å²) in [6, 6.07) is 7.24. The Morgan fingerprint density at radius 3 is 2.73 bits per heavy atom. The minimum Gasteiger partial charge on any atom is -0.352 e. The fourth-order valence-electron chi connectivity index (χ4n) is 1.16. The first kappa shape index (κ1) is 11.9. The molecule has 0 aliphatic rings. The molecule has 0 aliphatic carbocycles. The van der Waals surface area contributed by atoms with Crippen molar-refractivity contribution in [1.82, 2.24) is 5.32 Å². The fraction of sp³-hybridized carbons (Fsp3) is 0.273. The van der Waals surface area contributed by atoms with Gasteiger partial charge in [0.25, 0.3) is 0 Å². The van der Waals surface area contributed by atoms with Gasteiger partial charge in [0.2, 0.25) is 5.91 Å². The molecule has 1 aromatic carbocycles. The van der Waals surface area contributed by atoms with Crippen LogP contribution in [0.5, 0.6) is 0 Å². The zero-order valence-corrected chi connectivity index (χ0v) is 10.0. The Morgan fingerprint density at radius 1 is 1.40 bits per heavy atom. The Bertz CT molecular complexity index is 377. The number of ketones is 1. The summed E-state index contributed by atoms with van der Waals surface area (Å²) in [4.78, 5) is 22.1. The molecule has 0 unspecified atom stereocenters. The Balaban J connectivity index is 2.74. The van der Waals surface area contributed by atoms with Crippen LogP contribution in [0.15, 0.2) is 24.3 Å². The van der Waals surface area contributed by atoms with E-state index in [0.29, 0.717) is 17.4 Å². The number of carbonyl (C=O) groups excluding carboxylic acids is 2. The highest BCUT2D eigenvalue weighted by atomic mass is 79.9. The summed E-state index contributed by atoms with van der Waals surface area (Å²) in [6.07, 6.45) is 0. The minimum atomic E-state index is -0.0766. The molecule has 15 heavy (non-hydrogen) atoms. The molecule has 0 bridgehead atoms. The van der Waals surface area contributed by atoms with E-state index in [4.69, 9.17) is 0 Å². The van der Waals surface area contributed by atoms with Crippen molar-refractivity contribution >= 4 is 27.6 Å². The average molecular weight is 270 g/mol. The highest BCUT2D eigenvalue weighted by molar-refractivity contribution is 9.09. The molecule has 1 N–H and O–H groups in total. The van der Waals surface area contributed by atoms with Gasteiger partial charge in [-0.05, 0) is 11.6 Å². The van der Waals surface area contributed by atoms with Crippen LogP contribution in [0.25, 0.3) is 0 Å². The first-order valence-electron chi connectivity index (χ1n) is 4.56. The number of hydrogen-bond donors (Lipinski definition) is 1. The number of halogens is 1. The maximum Gasteiger partial charge on any atom is 0.217 e. The van der Waals surface area contributed by atoms with Gasteiger partial charge in [-0.25, -0.2) is 0 Å². The van der Waals surface area contributed by atoms with Crippen LogP contribution in [0.1, 0.15) is 22.8 Å². The number of benzene rings is 1. The third-order valence-electron chi connectivity index (χ3n) is 1.91. The lowest BCUT2D eigenvalue weighted by Gasteiger charge is -2.04. The lowest BCUT2D eigenvalue weighted by atomic mass is 10.1. The molecule has 0 radical (unpaired) electrons. The van der Waals surface area contributed by atoms with E-state index in [1.165, 1.54) is 6.92 Å². The fourth-order valence-corrected chi connectivity index (χ4v) is 1.48. The van der Waals surface area contributed by atoms with E-state index in [9.17, 15) is 9.59 Å². The number of hydrogen-bond acceptors (Lipinski definition) is 2. The van der Waals surface area contributed by atoms with E-state index in [0.717, 1.165) is 5.56 Å². The van der Waals surface area contributed by atoms with Crippen LogP contribution >= 0.6 is 15.9 Å². The van der Waals surface area contributed by atoms with Gasteiger partial charge in [0.1, 0.15) is 0 Å². The van der Waals surface area contributed by atoms with Gasteiger partial charge >= 0.3 is 0 Å². The molecular formula is C11H12BrNO2. The molecular weight excluding hydrogens is 258 g/mol. The maximum absolute atomic E-state index is 11.4. The largest absolute Gasteiger partial charge is 0.352 e. The van der Waals surface area contributed by atoms with Crippen LogP contribution < -0.4 is 5.32 Å². The van der Waals surface area contributed by atoms with Crippen LogP contribution in [-0.4, -0.2) is 17.0 Å². The molecule has 1 aromatic rings. The normalized spacial score (nSPS) is 9.73. The third kappa shape index (κ3) is 3.83. The summed E-state index contributed by atoms with van der Waals surface area (Å²) in [5, 5.41) is 3.00. The predicted octanol–water partition coefficient (Wildman–Crippen LogP) is 1.90. The second-order valence-corrected chi connectivity index (χ2v) is 3.73. The van der Waals surface area contributed by atoms with Crippen molar-refractivity contribution < 1.29 is 9.59 Å². The molecule has 0 heterocycles. The van der Waals surface area contributed by atoms with Gasteiger partial charge in [0.15, 0.2) is 5.78 Å². The highest BCUT2D eigenvalue weighted by Gasteiger charge is 2.04. The number of rotatable bonds is 4. The van der Waals surface area contributed by atoms with Crippen molar-refractivity contribution in [2.24, 2.45) is 0 Å². The summed E-state index contributed by atoms with van der Waals surface area (Å²) >= 11 is 3.12. The van der Waals surface area contributed by atoms with Crippen molar-refractivity contribution in [2.75, 3.05) is 5.33 Å². The van der Waals surface area contributed by atoms with E-state index in [1.807, 2.05) is 12.1 Å². The molecule has 1 rings (SSSR count). The van der Waals surface area contributed by atoms with Gasteiger partial charge in [-0.15, -0.1) is 0 Å². The summed E-state index contributed by atoms with van der Waals surface area (Å²) in [7, 11) is 0. The van der Waals surface area contributed by atoms with Crippen molar-refractivity contribution in [3.05, 3.63) is 35.4 Å². The first-order valence-corrected chi connectivity index (χ1v) is 5.68. The molecule has 0 atom stereocenters. The molecule has 0 aromatic heterocycles. The number of carbonyl (C=O) groups is 2. The van der Waals surface area contributed by atoms with Gasteiger partial charge in [-0.1, -0.05) is 34.1 Å². The number of nitrogens with one attached hydrogen (secondary N) is 1. The molecule has 0 aliphatic heterocycles. The van der Waals surface area contributed by atoms with E-state index in [1.54, 1.807) is 12.1 Å². The van der Waals surface area contributed by atoms with Crippen LogP contribution in [0.2, 0.25) is 0 Å². The smallest absolute Gasteiger partial charge is 0.217 e. The Kier molecular flexibility index (Phi) is 4.49. The van der Waals surface area contributed by atoms with Crippen LogP contribution in [-0.2, 0) is 11.3 Å². The van der Waals surface area contributed by atoms with Gasteiger partial charge in [-0.2, -0.15) is 0 Å². The third-order valence-corrected chi connectivity index (χ3v) is 2.42. The van der Waals surface area contributed by atoms with Crippen molar-refractivity contribution in [3.63, 3.8) is 0 Å². The van der Waals surface area contributed by atoms with E-state index in [2.05, 4.69) is 21.2 Å². The van der Waals surface area contributed by atoms with Gasteiger partial charge in [0.05, 0.1) is 5.33 Å². The molecule has 80 valence electrons. The molecule has 0 spiro atoms. The molecule has 0 saturated carbocycles. The van der Waals surface area contributed by atoms with Crippen LogP contribution in [0, 0.1) is 0 Å². The number of Topliss-reactive ketones (excluding diaryl/α,β-unsaturated/α-hetero) is 1. The average Bonchev–Trinajstić information content (AvgIpc) is 2.25. The predicted molar refractivity (Wildman–Crippen MR) is 62.1 cm³/mol. The van der Waals surface area contributed by atoms with Gasteiger partial charge in [0, 0.05) is 19.0 Å². The Hall–Kier alpha value is -1.16. The Labute approximate surface area is 97.0 Å². The molecule has 0 fully saturated rings. The van der Waals surface area contributed by atoms with Crippen LogP contribution in [0.3, 0.4) is 0 Å². The van der Waals surface area contributed by atoms with E-state index < -0.39 is 0 Å². The van der Waals surface area contributed by atoms with E-state index >= 15 is 0 Å². The van der Waals surface area contributed by atoms with Gasteiger partial charge in [-0.3, -0.25) is 9.59 Å². The monoisotopic (exact) mass is 269 g/mol. The van der Waals surface area contributed by atoms with Gasteiger partial charge < -0.3 is 5.32 Å². The Morgan fingerprint density at radius 2 is 2.13 bits per heavy atom. The summed E-state index contributed by atoms with van der Waals surface area (Å²) < 4.78 is 0. The second-order valence-electron chi connectivity index (χ2n) is 3.17. The zero-order chi connectivity index (χ0) is 11.3. The van der Waals surface area contributed by atoms with Crippen LogP contribution in [0.4, 0.5) is 0 Å². The topological polar surface area (TPSA) is 46.2 Å². The molecule has 1 amide bonds. The van der Waals surface area contributed by atoms with Crippen molar-refractivity contribution in [2.45, 2.75) is 13.5 Å². The second kappa shape index (κ2) is 5.66. The summed E-state index contributed by atoms with van der Waals surface area (Å²) in [5.41, 5.74) is 1.59. The van der Waals surface area contributed by atoms with E-state index in [-0.39, 0.29) is 11.7 Å². The van der Waals surface area contributed by atoms with Crippen molar-refractivity contribution in [1.29, 1.82) is 0 Å². The zero-order valence-electron chi connectivity index (χ0n) is 8.42. The lowest BCUT2D eigenvalue weighted by molar-refractivity contribution is -0.119. The lowest BCUT2D eigenvalue weighted by Crippen LogP contribution is -2.19. The number of amides is 1. The molecule has 4 heteroatoms. The SMILES string of the molecule is CC(=O)NCc1cccc(C(=O)CBr)c1. The first-order chi connectivity index (χ1) is 7.13. The van der Waals surface area contributed by atoms with Crippen molar-refractivity contribution in [3.8, 4) is 0 Å². The standard InChI is InChI=1S/C11H12BrNO2/c1-8(14)13-7-9-3-2-4-10(5-9)11(15)6-12/h2-5H,6-7H2,1H3,(H,13,14). The number of alkyl halides is 1. The minimum absolute atomic E-state index is 0.0414.